The highest BCUT2D eigenvalue weighted by Gasteiger charge is 2.21. The third kappa shape index (κ3) is 2.85. The van der Waals surface area contributed by atoms with Gasteiger partial charge in [-0.3, -0.25) is 4.72 Å². The fourth-order valence-electron chi connectivity index (χ4n) is 1.52. The highest BCUT2D eigenvalue weighted by Crippen LogP contribution is 2.29. The van der Waals surface area contributed by atoms with Gasteiger partial charge >= 0.3 is 0 Å². The molecule has 1 aromatic heterocycles. The van der Waals surface area contributed by atoms with E-state index in [-0.39, 0.29) is 10.0 Å². The Hall–Kier alpha value is -1.67. The number of hydrogen-bond acceptors (Lipinski definition) is 6. The third-order valence-electron chi connectivity index (χ3n) is 2.65. The quantitative estimate of drug-likeness (QED) is 0.933. The molecule has 0 saturated heterocycles. The number of methoxy groups -OCH3 is 1. The Morgan fingerprint density at radius 3 is 2.53 bits per heavy atom. The number of sulfonamides is 1. The molecule has 0 saturated carbocycles. The van der Waals surface area contributed by atoms with Crippen LogP contribution in [-0.4, -0.2) is 25.7 Å². The lowest BCUT2D eigenvalue weighted by Gasteiger charge is -2.12. The Labute approximate surface area is 115 Å². The van der Waals surface area contributed by atoms with E-state index in [1.807, 2.05) is 13.8 Å². The average Bonchev–Trinajstić information content (AvgIpc) is 2.84. The summed E-state index contributed by atoms with van der Waals surface area (Å²) in [6.45, 7) is 3.74. The first-order chi connectivity index (χ1) is 8.94. The number of rotatable bonds is 4. The molecule has 102 valence electrons. The molecule has 1 heterocycles. The molecule has 0 spiro atoms. The summed E-state index contributed by atoms with van der Waals surface area (Å²) in [5.41, 5.74) is 3.29. The predicted octanol–water partition coefficient (Wildman–Crippen LogP) is 1.96. The molecule has 0 unspecified atom stereocenters. The van der Waals surface area contributed by atoms with Crippen LogP contribution in [0, 0.1) is 13.8 Å². The van der Waals surface area contributed by atoms with E-state index < -0.39 is 10.0 Å². The summed E-state index contributed by atoms with van der Waals surface area (Å²) < 4.78 is 32.1. The van der Waals surface area contributed by atoms with Gasteiger partial charge in [0.2, 0.25) is 5.13 Å². The van der Waals surface area contributed by atoms with Crippen molar-refractivity contribution >= 4 is 26.5 Å². The summed E-state index contributed by atoms with van der Waals surface area (Å²) in [6, 6.07) is 3.28. The Morgan fingerprint density at radius 1 is 1.26 bits per heavy atom. The van der Waals surface area contributed by atoms with Crippen molar-refractivity contribution in [3.63, 3.8) is 0 Å². The van der Waals surface area contributed by atoms with Crippen LogP contribution in [0.3, 0.4) is 0 Å². The van der Waals surface area contributed by atoms with Crippen LogP contribution in [0.4, 0.5) is 5.13 Å². The summed E-state index contributed by atoms with van der Waals surface area (Å²) in [5.74, 6) is 0.306. The number of ether oxygens (including phenoxy) is 1. The van der Waals surface area contributed by atoms with E-state index in [0.717, 1.165) is 22.5 Å². The van der Waals surface area contributed by atoms with E-state index in [2.05, 4.69) is 14.9 Å². The third-order valence-corrected chi connectivity index (χ3v) is 4.75. The van der Waals surface area contributed by atoms with Gasteiger partial charge in [-0.2, -0.15) is 0 Å². The van der Waals surface area contributed by atoms with Crippen molar-refractivity contribution in [3.05, 3.63) is 28.8 Å². The van der Waals surface area contributed by atoms with Crippen LogP contribution in [-0.2, 0) is 10.0 Å². The molecule has 0 aliphatic heterocycles. The molecule has 2 rings (SSSR count). The lowest BCUT2D eigenvalue weighted by Crippen LogP contribution is -2.14. The number of nitrogens with zero attached hydrogens (tertiary/aromatic N) is 2. The zero-order valence-corrected chi connectivity index (χ0v) is 12.3. The molecular formula is C11H13N3O3S2. The monoisotopic (exact) mass is 299 g/mol. The maximum atomic E-state index is 12.3. The molecule has 1 N–H and O–H groups in total. The van der Waals surface area contributed by atoms with Crippen LogP contribution in [0.25, 0.3) is 0 Å². The van der Waals surface area contributed by atoms with Crippen molar-refractivity contribution in [1.29, 1.82) is 0 Å². The topological polar surface area (TPSA) is 81.2 Å². The molecule has 6 nitrogen and oxygen atoms in total. The molecule has 1 aromatic carbocycles. The lowest BCUT2D eigenvalue weighted by molar-refractivity contribution is 0.402. The number of hydrogen-bond donors (Lipinski definition) is 1. The zero-order valence-electron chi connectivity index (χ0n) is 10.7. The van der Waals surface area contributed by atoms with E-state index >= 15 is 0 Å². The van der Waals surface area contributed by atoms with Gasteiger partial charge in [0.05, 0.1) is 7.11 Å². The second kappa shape index (κ2) is 5.14. The fourth-order valence-corrected chi connectivity index (χ4v) is 3.45. The Morgan fingerprint density at radius 2 is 1.95 bits per heavy atom. The second-order valence-corrected chi connectivity index (χ2v) is 6.42. The summed E-state index contributed by atoms with van der Waals surface area (Å²) in [4.78, 5) is 0.0910. The van der Waals surface area contributed by atoms with Crippen molar-refractivity contribution in [3.8, 4) is 5.75 Å². The summed E-state index contributed by atoms with van der Waals surface area (Å²) in [6.07, 6.45) is 0. The number of aromatic nitrogens is 2. The molecule has 2 aromatic rings. The minimum absolute atomic E-state index is 0.0910. The second-order valence-electron chi connectivity index (χ2n) is 3.94. The van der Waals surface area contributed by atoms with E-state index in [1.54, 1.807) is 12.1 Å². The number of benzene rings is 1. The van der Waals surface area contributed by atoms with Crippen molar-refractivity contribution in [2.24, 2.45) is 0 Å². The highest BCUT2D eigenvalue weighted by atomic mass is 32.2. The maximum Gasteiger partial charge on any atom is 0.267 e. The smallest absolute Gasteiger partial charge is 0.267 e. The number of aryl methyl sites for hydroxylation is 2. The first-order valence-corrected chi connectivity index (χ1v) is 7.74. The van der Waals surface area contributed by atoms with E-state index in [4.69, 9.17) is 4.74 Å². The van der Waals surface area contributed by atoms with Crippen LogP contribution in [0.1, 0.15) is 11.1 Å². The molecule has 0 radical (unpaired) electrons. The molecule has 0 bridgehead atoms. The Balaban J connectivity index is 2.48. The molecule has 0 aliphatic rings. The molecule has 0 fully saturated rings. The summed E-state index contributed by atoms with van der Waals surface area (Å²) in [5, 5.41) is 7.47. The predicted molar refractivity (Wildman–Crippen MR) is 73.2 cm³/mol. The van der Waals surface area contributed by atoms with Crippen molar-refractivity contribution in [2.45, 2.75) is 18.7 Å². The standard InChI is InChI=1S/C11H13N3O3S2/c1-7-4-9(17-3)10(5-8(7)2)19(15,16)14-11-13-12-6-18-11/h4-6H,1-3H3,(H,13,14). The van der Waals surface area contributed by atoms with Gasteiger partial charge in [0.15, 0.2) is 0 Å². The van der Waals surface area contributed by atoms with Crippen LogP contribution in [0.5, 0.6) is 5.75 Å². The van der Waals surface area contributed by atoms with Gasteiger partial charge in [-0.25, -0.2) is 8.42 Å². The summed E-state index contributed by atoms with van der Waals surface area (Å²) >= 11 is 1.11. The van der Waals surface area contributed by atoms with Crippen LogP contribution >= 0.6 is 11.3 Å². The van der Waals surface area contributed by atoms with Crippen molar-refractivity contribution < 1.29 is 13.2 Å². The van der Waals surface area contributed by atoms with Gasteiger partial charge in [0.1, 0.15) is 16.2 Å². The Kier molecular flexibility index (Phi) is 3.72. The maximum absolute atomic E-state index is 12.3. The lowest BCUT2D eigenvalue weighted by atomic mass is 10.1. The van der Waals surface area contributed by atoms with Gasteiger partial charge in [0, 0.05) is 0 Å². The minimum atomic E-state index is -3.73. The van der Waals surface area contributed by atoms with E-state index in [0.29, 0.717) is 5.75 Å². The molecule has 0 amide bonds. The fraction of sp³-hybridized carbons (Fsp3) is 0.273. The Bertz CT molecular complexity index is 681. The largest absolute Gasteiger partial charge is 0.495 e. The molecule has 19 heavy (non-hydrogen) atoms. The van der Waals surface area contributed by atoms with Gasteiger partial charge in [0.25, 0.3) is 10.0 Å². The van der Waals surface area contributed by atoms with Crippen molar-refractivity contribution in [1.82, 2.24) is 10.2 Å². The number of nitrogens with one attached hydrogen (secondary N) is 1. The van der Waals surface area contributed by atoms with Crippen LogP contribution < -0.4 is 9.46 Å². The molecule has 0 aliphatic carbocycles. The highest BCUT2D eigenvalue weighted by molar-refractivity contribution is 7.93. The van der Waals surface area contributed by atoms with Crippen molar-refractivity contribution in [2.75, 3.05) is 11.8 Å². The van der Waals surface area contributed by atoms with Gasteiger partial charge in [-0.05, 0) is 37.1 Å². The normalized spacial score (nSPS) is 11.3. The van der Waals surface area contributed by atoms with Crippen LogP contribution in [0.15, 0.2) is 22.5 Å². The van der Waals surface area contributed by atoms with Gasteiger partial charge in [-0.1, -0.05) is 11.3 Å². The van der Waals surface area contributed by atoms with Gasteiger partial charge < -0.3 is 4.74 Å². The zero-order chi connectivity index (χ0) is 14.0. The number of anilines is 1. The minimum Gasteiger partial charge on any atom is -0.495 e. The first-order valence-electron chi connectivity index (χ1n) is 5.38. The van der Waals surface area contributed by atoms with Crippen LogP contribution in [0.2, 0.25) is 0 Å². The summed E-state index contributed by atoms with van der Waals surface area (Å²) in [7, 11) is -2.29. The first kappa shape index (κ1) is 13.8. The molecule has 8 heteroatoms. The average molecular weight is 299 g/mol. The van der Waals surface area contributed by atoms with E-state index in [9.17, 15) is 8.42 Å². The molecule has 0 atom stereocenters. The van der Waals surface area contributed by atoms with E-state index in [1.165, 1.54) is 12.6 Å². The SMILES string of the molecule is COc1cc(C)c(C)cc1S(=O)(=O)Nc1nncs1. The van der Waals surface area contributed by atoms with Gasteiger partial charge in [-0.15, -0.1) is 10.2 Å². The molecular weight excluding hydrogens is 286 g/mol.